The van der Waals surface area contributed by atoms with E-state index in [0.717, 1.165) is 0 Å². The van der Waals surface area contributed by atoms with Gasteiger partial charge in [0.25, 0.3) is 0 Å². The van der Waals surface area contributed by atoms with Gasteiger partial charge in [-0.3, -0.25) is 0 Å². The molecule has 0 fully saturated rings. The van der Waals surface area contributed by atoms with Crippen LogP contribution in [0.25, 0.3) is 0 Å². The van der Waals surface area contributed by atoms with Gasteiger partial charge in [0, 0.05) is 0 Å². The van der Waals surface area contributed by atoms with Gasteiger partial charge in [0.15, 0.2) is 0 Å². The predicted molar refractivity (Wildman–Crippen MR) is 0 cm³/mol. The van der Waals surface area contributed by atoms with Crippen LogP contribution >= 0.6 is 0 Å². The molecule has 8 heteroatoms. The van der Waals surface area contributed by atoms with Crippen molar-refractivity contribution in [2.24, 2.45) is 0 Å². The van der Waals surface area contributed by atoms with Gasteiger partial charge in [0.2, 0.25) is 0 Å². The van der Waals surface area contributed by atoms with Crippen LogP contribution in [0.15, 0.2) is 0 Å². The van der Waals surface area contributed by atoms with E-state index in [1.807, 2.05) is 0 Å². The van der Waals surface area contributed by atoms with Crippen LogP contribution in [-0.2, 0) is 39.6 Å². The maximum Gasteiger partial charge on any atom is 3.00 e. The van der Waals surface area contributed by atoms with Crippen LogP contribution in [0.4, 0.5) is 0 Å². The fraction of sp³-hybridized carbons (Fsp3) is 0. The zero-order valence-electron chi connectivity index (χ0n) is 2.95. The van der Waals surface area contributed by atoms with E-state index < -0.39 is 0 Å². The van der Waals surface area contributed by atoms with Gasteiger partial charge in [-0.05, 0) is 0 Å². The average molecular weight is 506 g/mol. The van der Waals surface area contributed by atoms with Crippen molar-refractivity contribution >= 4 is 0 Å². The fourth-order valence-electron chi connectivity index (χ4n) is 0. The number of halogens is 6. The molecular formula is Cl6IrRu. The van der Waals surface area contributed by atoms with E-state index in [1.54, 1.807) is 0 Å². The molecule has 8 heavy (non-hydrogen) atoms. The molecule has 0 bridgehead atoms. The van der Waals surface area contributed by atoms with Crippen molar-refractivity contribution in [3.8, 4) is 0 Å². The van der Waals surface area contributed by atoms with Crippen molar-refractivity contribution in [2.45, 2.75) is 0 Å². The summed E-state index contributed by atoms with van der Waals surface area (Å²) < 4.78 is 0. The third-order valence-corrected chi connectivity index (χ3v) is 0. The van der Waals surface area contributed by atoms with E-state index in [4.69, 9.17) is 0 Å². The average Bonchev–Trinajstić information content (AvgIpc) is 0. The van der Waals surface area contributed by atoms with E-state index in [0.29, 0.717) is 0 Å². The van der Waals surface area contributed by atoms with Gasteiger partial charge in [-0.25, -0.2) is 0 Å². The largest absolute Gasteiger partial charge is 3.00 e. The van der Waals surface area contributed by atoms with Crippen molar-refractivity contribution in [3.05, 3.63) is 0 Å². The number of hydrogen-bond donors (Lipinski definition) is 0. The molecule has 0 aliphatic carbocycles. The van der Waals surface area contributed by atoms with Gasteiger partial charge in [-0.2, -0.15) is 0 Å². The van der Waals surface area contributed by atoms with Gasteiger partial charge in [-0.1, -0.05) is 0 Å². The molecule has 0 saturated carbocycles. The van der Waals surface area contributed by atoms with Gasteiger partial charge >= 0.3 is 39.6 Å². The Labute approximate surface area is 113 Å². The molecule has 0 unspecified atom stereocenters. The van der Waals surface area contributed by atoms with E-state index in [1.165, 1.54) is 0 Å². The topological polar surface area (TPSA) is 0 Å². The first kappa shape index (κ1) is 122. The summed E-state index contributed by atoms with van der Waals surface area (Å²) in [6.45, 7) is 0. The van der Waals surface area contributed by atoms with E-state index in [9.17, 15) is 0 Å². The minimum atomic E-state index is 0. The van der Waals surface area contributed by atoms with Gasteiger partial charge < -0.3 is 74.4 Å². The molecule has 0 N–H and O–H groups in total. The maximum atomic E-state index is 0. The molecule has 0 atom stereocenters. The summed E-state index contributed by atoms with van der Waals surface area (Å²) in [6, 6.07) is 0. The molecule has 0 amide bonds. The van der Waals surface area contributed by atoms with E-state index in [-0.39, 0.29) is 114 Å². The molecule has 0 aromatic carbocycles. The Kier molecular flexibility index (Phi) is 1360. The zero-order valence-corrected chi connectivity index (χ0v) is 11.6. The van der Waals surface area contributed by atoms with Crippen LogP contribution in [0.5, 0.6) is 0 Å². The van der Waals surface area contributed by atoms with Crippen LogP contribution in [0.1, 0.15) is 0 Å². The second-order valence-electron chi connectivity index (χ2n) is 0. The summed E-state index contributed by atoms with van der Waals surface area (Å²) in [4.78, 5) is 0. The minimum absolute atomic E-state index is 0. The van der Waals surface area contributed by atoms with Crippen molar-refractivity contribution in [2.75, 3.05) is 0 Å². The molecule has 0 aliphatic rings. The maximum absolute atomic E-state index is 0. The SMILES string of the molecule is [Cl-].[Cl-].[Cl-].[Cl-].[Cl-].[Cl-].[Ir+3].[Ru+3]. The van der Waals surface area contributed by atoms with Crippen LogP contribution in [0.2, 0.25) is 0 Å². The Balaban J connectivity index is 0. The van der Waals surface area contributed by atoms with Gasteiger partial charge in [0.05, 0.1) is 0 Å². The van der Waals surface area contributed by atoms with Crippen molar-refractivity contribution < 1.29 is 114 Å². The Morgan fingerprint density at radius 2 is 0.375 bits per heavy atom. The molecule has 59 valence electrons. The third-order valence-electron chi connectivity index (χ3n) is 0. The first-order valence-electron chi connectivity index (χ1n) is 0. The monoisotopic (exact) mass is 505 g/mol. The number of hydrogen-bond acceptors (Lipinski definition) is 0. The fourth-order valence-corrected chi connectivity index (χ4v) is 0. The molecule has 0 nitrogen and oxygen atoms in total. The molecule has 0 aromatic heterocycles. The van der Waals surface area contributed by atoms with E-state index >= 15 is 0 Å². The smallest absolute Gasteiger partial charge is 1.00 e. The zero-order chi connectivity index (χ0) is 0. The van der Waals surface area contributed by atoms with Crippen LogP contribution in [0, 0.1) is 0 Å². The molecule has 0 aromatic rings. The molecule has 0 spiro atoms. The molecule has 0 saturated heterocycles. The molecule has 0 rings (SSSR count). The van der Waals surface area contributed by atoms with Crippen molar-refractivity contribution in [3.63, 3.8) is 0 Å². The predicted octanol–water partition coefficient (Wildman–Crippen LogP) is -18.0. The molecule has 1 radical (unpaired) electrons. The van der Waals surface area contributed by atoms with Crippen molar-refractivity contribution in [1.82, 2.24) is 0 Å². The molecule has 0 heterocycles. The Morgan fingerprint density at radius 3 is 0.375 bits per heavy atom. The van der Waals surface area contributed by atoms with Crippen molar-refractivity contribution in [1.29, 1.82) is 0 Å². The van der Waals surface area contributed by atoms with Crippen LogP contribution in [0.3, 0.4) is 0 Å². The Hall–Kier alpha value is 3.01. The summed E-state index contributed by atoms with van der Waals surface area (Å²) in [6.07, 6.45) is 0. The third kappa shape index (κ3) is 63.8. The second kappa shape index (κ2) is 89.6. The molecular weight excluding hydrogens is 506 g/mol. The Morgan fingerprint density at radius 1 is 0.375 bits per heavy atom. The summed E-state index contributed by atoms with van der Waals surface area (Å²) >= 11 is 0. The Bertz CT molecular complexity index is 8.49. The quantitative estimate of drug-likeness (QED) is 0.287. The second-order valence-corrected chi connectivity index (χ2v) is 0. The first-order valence-corrected chi connectivity index (χ1v) is 0. The molecule has 0 aliphatic heterocycles. The standard InChI is InChI=1S/6ClH.Ir.Ru/h6*1H;;/q;;;;;;2*+3/p-6. The summed E-state index contributed by atoms with van der Waals surface area (Å²) in [5, 5.41) is 0. The minimum Gasteiger partial charge on any atom is -1.00 e. The number of rotatable bonds is 0. The summed E-state index contributed by atoms with van der Waals surface area (Å²) in [5.74, 6) is 0. The van der Waals surface area contributed by atoms with Gasteiger partial charge in [-0.15, -0.1) is 0 Å². The van der Waals surface area contributed by atoms with E-state index in [2.05, 4.69) is 0 Å². The van der Waals surface area contributed by atoms with Crippen LogP contribution < -0.4 is 74.4 Å². The summed E-state index contributed by atoms with van der Waals surface area (Å²) in [5.41, 5.74) is 0. The van der Waals surface area contributed by atoms with Crippen LogP contribution in [-0.4, -0.2) is 0 Å². The summed E-state index contributed by atoms with van der Waals surface area (Å²) in [7, 11) is 0. The van der Waals surface area contributed by atoms with Gasteiger partial charge in [0.1, 0.15) is 0 Å². The normalized spacial score (nSPS) is 0. The first-order chi connectivity index (χ1) is 0.